The Labute approximate surface area is 105 Å². The highest BCUT2D eigenvalue weighted by Crippen LogP contribution is 2.36. The van der Waals surface area contributed by atoms with Crippen molar-refractivity contribution in [2.75, 3.05) is 5.32 Å². The highest BCUT2D eigenvalue weighted by molar-refractivity contribution is 5.94. The Kier molecular flexibility index (Phi) is 3.60. The van der Waals surface area contributed by atoms with Crippen molar-refractivity contribution in [2.45, 2.75) is 19.8 Å². The maximum Gasteiger partial charge on any atom is 0.307 e. The molecule has 1 fully saturated rings. The van der Waals surface area contributed by atoms with Crippen LogP contribution in [0.25, 0.3) is 0 Å². The van der Waals surface area contributed by atoms with Gasteiger partial charge in [0.25, 0.3) is 0 Å². The molecule has 1 aromatic rings. The van der Waals surface area contributed by atoms with Gasteiger partial charge >= 0.3 is 5.97 Å². The second-order valence-electron chi connectivity index (χ2n) is 4.83. The summed E-state index contributed by atoms with van der Waals surface area (Å²) in [4.78, 5) is 27.2. The average molecular weight is 248 g/mol. The molecule has 5 heteroatoms. The molecule has 0 spiro atoms. The van der Waals surface area contributed by atoms with Gasteiger partial charge in [-0.2, -0.15) is 0 Å². The summed E-state index contributed by atoms with van der Waals surface area (Å²) >= 11 is 0. The van der Waals surface area contributed by atoms with Crippen LogP contribution in [0.3, 0.4) is 0 Å². The van der Waals surface area contributed by atoms with Gasteiger partial charge in [-0.05, 0) is 30.9 Å². The zero-order valence-electron chi connectivity index (χ0n) is 10.2. The fourth-order valence-electron chi connectivity index (χ4n) is 2.51. The van der Waals surface area contributed by atoms with E-state index in [4.69, 9.17) is 5.11 Å². The first-order chi connectivity index (χ1) is 8.58. The van der Waals surface area contributed by atoms with Crippen LogP contribution in [0.5, 0.6) is 0 Å². The van der Waals surface area contributed by atoms with Crippen molar-refractivity contribution in [1.29, 1.82) is 0 Å². The molecular weight excluding hydrogens is 232 g/mol. The summed E-state index contributed by atoms with van der Waals surface area (Å²) in [5, 5.41) is 11.8. The molecule has 1 aromatic heterocycles. The molecule has 0 radical (unpaired) electrons. The summed E-state index contributed by atoms with van der Waals surface area (Å²) in [6, 6.07) is 5.22. The van der Waals surface area contributed by atoms with Crippen molar-refractivity contribution in [1.82, 2.24) is 4.98 Å². The summed E-state index contributed by atoms with van der Waals surface area (Å²) in [6.07, 6.45) is 2.77. The van der Waals surface area contributed by atoms with Crippen LogP contribution in [0.2, 0.25) is 0 Å². The van der Waals surface area contributed by atoms with E-state index in [0.29, 0.717) is 18.7 Å². The summed E-state index contributed by atoms with van der Waals surface area (Å²) in [5.41, 5.74) is 0. The Morgan fingerprint density at radius 1 is 1.33 bits per heavy atom. The van der Waals surface area contributed by atoms with E-state index < -0.39 is 17.8 Å². The van der Waals surface area contributed by atoms with E-state index in [1.165, 1.54) is 0 Å². The quantitative estimate of drug-likeness (QED) is 0.854. The van der Waals surface area contributed by atoms with Gasteiger partial charge in [0.2, 0.25) is 5.91 Å². The highest BCUT2D eigenvalue weighted by Gasteiger charge is 2.41. The van der Waals surface area contributed by atoms with Crippen molar-refractivity contribution in [3.05, 3.63) is 24.4 Å². The number of hydrogen-bond acceptors (Lipinski definition) is 3. The van der Waals surface area contributed by atoms with E-state index in [-0.39, 0.29) is 11.8 Å². The first kappa shape index (κ1) is 12.5. The minimum Gasteiger partial charge on any atom is -0.481 e. The number of carboxylic acid groups (broad SMARTS) is 1. The predicted molar refractivity (Wildman–Crippen MR) is 65.9 cm³/mol. The molecule has 1 saturated carbocycles. The zero-order chi connectivity index (χ0) is 13.1. The smallest absolute Gasteiger partial charge is 0.307 e. The molecule has 3 atom stereocenters. The average Bonchev–Trinajstić information content (AvgIpc) is 2.73. The zero-order valence-corrected chi connectivity index (χ0v) is 10.2. The normalized spacial score (nSPS) is 26.8. The Morgan fingerprint density at radius 2 is 2.06 bits per heavy atom. The molecule has 2 rings (SSSR count). The fraction of sp³-hybridized carbons (Fsp3) is 0.462. The van der Waals surface area contributed by atoms with E-state index >= 15 is 0 Å². The molecule has 1 aliphatic rings. The topological polar surface area (TPSA) is 79.3 Å². The van der Waals surface area contributed by atoms with E-state index in [1.807, 2.05) is 6.92 Å². The summed E-state index contributed by atoms with van der Waals surface area (Å²) < 4.78 is 0. The third kappa shape index (κ3) is 2.67. The Balaban J connectivity index is 2.06. The standard InChI is InChI=1S/C13H16N2O3/c1-8-6-9(10(7-8)13(17)18)12(16)15-11-4-2-3-5-14-11/h2-5,8-10H,6-7H2,1H3,(H,17,18)(H,14,15,16). The minimum absolute atomic E-state index is 0.245. The van der Waals surface area contributed by atoms with Crippen LogP contribution in [-0.4, -0.2) is 22.0 Å². The fourth-order valence-corrected chi connectivity index (χ4v) is 2.51. The van der Waals surface area contributed by atoms with Gasteiger partial charge in [-0.25, -0.2) is 4.98 Å². The molecule has 5 nitrogen and oxygen atoms in total. The maximum absolute atomic E-state index is 12.1. The van der Waals surface area contributed by atoms with E-state index in [0.717, 1.165) is 0 Å². The second-order valence-corrected chi connectivity index (χ2v) is 4.83. The van der Waals surface area contributed by atoms with Gasteiger partial charge in [0.05, 0.1) is 11.8 Å². The van der Waals surface area contributed by atoms with Gasteiger partial charge in [-0.1, -0.05) is 13.0 Å². The highest BCUT2D eigenvalue weighted by atomic mass is 16.4. The molecule has 0 aromatic carbocycles. The van der Waals surface area contributed by atoms with E-state index in [9.17, 15) is 9.59 Å². The Morgan fingerprint density at radius 3 is 2.67 bits per heavy atom. The third-order valence-electron chi connectivity index (χ3n) is 3.37. The second kappa shape index (κ2) is 5.16. The van der Waals surface area contributed by atoms with Crippen molar-refractivity contribution in [2.24, 2.45) is 17.8 Å². The molecule has 0 aliphatic heterocycles. The molecule has 3 unspecified atom stereocenters. The number of nitrogens with zero attached hydrogens (tertiary/aromatic N) is 1. The van der Waals surface area contributed by atoms with Crippen LogP contribution in [0.1, 0.15) is 19.8 Å². The van der Waals surface area contributed by atoms with Crippen molar-refractivity contribution in [3.63, 3.8) is 0 Å². The molecule has 1 heterocycles. The van der Waals surface area contributed by atoms with Crippen LogP contribution in [0.15, 0.2) is 24.4 Å². The van der Waals surface area contributed by atoms with Crippen molar-refractivity contribution >= 4 is 17.7 Å². The number of aliphatic carboxylic acids is 1. The van der Waals surface area contributed by atoms with Gasteiger partial charge in [-0.15, -0.1) is 0 Å². The molecule has 0 bridgehead atoms. The van der Waals surface area contributed by atoms with Crippen LogP contribution in [-0.2, 0) is 9.59 Å². The van der Waals surface area contributed by atoms with Crippen molar-refractivity contribution in [3.8, 4) is 0 Å². The van der Waals surface area contributed by atoms with Crippen LogP contribution in [0.4, 0.5) is 5.82 Å². The number of amides is 1. The van der Waals surface area contributed by atoms with Crippen LogP contribution < -0.4 is 5.32 Å². The number of aromatic nitrogens is 1. The van der Waals surface area contributed by atoms with Gasteiger partial charge < -0.3 is 10.4 Å². The molecule has 96 valence electrons. The summed E-state index contributed by atoms with van der Waals surface area (Å²) in [5.74, 6) is -1.44. The predicted octanol–water partition coefficient (Wildman–Crippen LogP) is 1.77. The molecule has 2 N–H and O–H groups in total. The minimum atomic E-state index is -0.888. The van der Waals surface area contributed by atoms with Gasteiger partial charge in [0, 0.05) is 6.20 Å². The number of pyridine rings is 1. The molecule has 1 amide bonds. The van der Waals surface area contributed by atoms with Crippen LogP contribution in [0, 0.1) is 17.8 Å². The van der Waals surface area contributed by atoms with E-state index in [1.54, 1.807) is 24.4 Å². The SMILES string of the molecule is CC1CC(C(=O)O)C(C(=O)Nc2ccccn2)C1. The van der Waals surface area contributed by atoms with Gasteiger partial charge in [0.1, 0.15) is 5.82 Å². The maximum atomic E-state index is 12.1. The lowest BCUT2D eigenvalue weighted by Crippen LogP contribution is -2.30. The van der Waals surface area contributed by atoms with Gasteiger partial charge in [-0.3, -0.25) is 9.59 Å². The number of rotatable bonds is 3. The Hall–Kier alpha value is -1.91. The summed E-state index contributed by atoms with van der Waals surface area (Å²) in [7, 11) is 0. The molecule has 1 aliphatic carbocycles. The van der Waals surface area contributed by atoms with Gasteiger partial charge in [0.15, 0.2) is 0 Å². The van der Waals surface area contributed by atoms with E-state index in [2.05, 4.69) is 10.3 Å². The number of carboxylic acids is 1. The lowest BCUT2D eigenvalue weighted by atomic mass is 9.95. The number of hydrogen-bond donors (Lipinski definition) is 2. The number of nitrogens with one attached hydrogen (secondary N) is 1. The first-order valence-corrected chi connectivity index (χ1v) is 6.02. The summed E-state index contributed by atoms with van der Waals surface area (Å²) in [6.45, 7) is 1.98. The third-order valence-corrected chi connectivity index (χ3v) is 3.37. The van der Waals surface area contributed by atoms with Crippen molar-refractivity contribution < 1.29 is 14.7 Å². The lowest BCUT2D eigenvalue weighted by molar-refractivity contribution is -0.145. The monoisotopic (exact) mass is 248 g/mol. The lowest BCUT2D eigenvalue weighted by Gasteiger charge is -2.14. The largest absolute Gasteiger partial charge is 0.481 e. The number of anilines is 1. The molecule has 0 saturated heterocycles. The first-order valence-electron chi connectivity index (χ1n) is 6.02. The number of carbonyl (C=O) groups excluding carboxylic acids is 1. The number of carbonyl (C=O) groups is 2. The molecule has 18 heavy (non-hydrogen) atoms. The van der Waals surface area contributed by atoms with Crippen LogP contribution >= 0.6 is 0 Å². The Bertz CT molecular complexity index is 447. The molecular formula is C13H16N2O3.